The van der Waals surface area contributed by atoms with Crippen LogP contribution in [-0.4, -0.2) is 42.4 Å². The van der Waals surface area contributed by atoms with Crippen LogP contribution in [0.3, 0.4) is 0 Å². The number of nitrogens with zero attached hydrogens (tertiary/aromatic N) is 2. The van der Waals surface area contributed by atoms with Gasteiger partial charge >= 0.3 is 5.69 Å². The summed E-state index contributed by atoms with van der Waals surface area (Å²) in [6.07, 6.45) is 4.27. The fraction of sp³-hybridized carbons (Fsp3) is 0.500. The van der Waals surface area contributed by atoms with Crippen molar-refractivity contribution in [2.75, 3.05) is 26.2 Å². The lowest BCUT2D eigenvalue weighted by Crippen LogP contribution is -2.33. The lowest BCUT2D eigenvalue weighted by atomic mass is 10.1. The molecule has 1 aliphatic rings. The molecule has 1 aliphatic heterocycles. The number of carbonyl (C=O) groups excluding carboxylic acids is 1. The van der Waals surface area contributed by atoms with E-state index in [1.165, 1.54) is 37.5 Å². The molecule has 0 bridgehead atoms. The summed E-state index contributed by atoms with van der Waals surface area (Å²) in [5.74, 6) is 0.220. The molecule has 1 heterocycles. The van der Waals surface area contributed by atoms with Gasteiger partial charge in [0.1, 0.15) is 12.9 Å². The third kappa shape index (κ3) is 4.99. The molecule has 0 atom stereocenters. The molecule has 0 spiro atoms. The van der Waals surface area contributed by atoms with E-state index in [0.717, 1.165) is 19.6 Å². The fourth-order valence-electron chi connectivity index (χ4n) is 2.34. The maximum atomic E-state index is 11.0. The van der Waals surface area contributed by atoms with E-state index in [-0.39, 0.29) is 29.4 Å². The minimum Gasteiger partial charge on any atom is -0.485 e. The Kier molecular flexibility index (Phi) is 7.11. The standard InChI is InChI=1S/C14H18N2O4.ClH/c17-11-12-4-5-14(13(10-12)16(18)19)20-9-8-15-6-2-1-3-7-15;/h4-5,10-11H,1-3,6-9H2;1H. The molecule has 0 radical (unpaired) electrons. The van der Waals surface area contributed by atoms with Crippen LogP contribution in [0.1, 0.15) is 29.6 Å². The lowest BCUT2D eigenvalue weighted by Gasteiger charge is -2.26. The number of nitro groups is 1. The first-order valence-corrected chi connectivity index (χ1v) is 6.79. The Balaban J connectivity index is 0.00000220. The van der Waals surface area contributed by atoms with E-state index >= 15 is 0 Å². The van der Waals surface area contributed by atoms with Crippen LogP contribution in [0.2, 0.25) is 0 Å². The van der Waals surface area contributed by atoms with Gasteiger partial charge in [-0.1, -0.05) is 6.42 Å². The molecule has 1 fully saturated rings. The summed E-state index contributed by atoms with van der Waals surface area (Å²) >= 11 is 0. The number of nitro benzene ring substituents is 1. The maximum Gasteiger partial charge on any atom is 0.311 e. The van der Waals surface area contributed by atoms with Crippen molar-refractivity contribution in [2.24, 2.45) is 0 Å². The van der Waals surface area contributed by atoms with E-state index in [2.05, 4.69) is 4.90 Å². The highest BCUT2D eigenvalue weighted by molar-refractivity contribution is 5.85. The summed E-state index contributed by atoms with van der Waals surface area (Å²) in [4.78, 5) is 23.4. The van der Waals surface area contributed by atoms with E-state index < -0.39 is 4.92 Å². The Morgan fingerprint density at radius 3 is 2.62 bits per heavy atom. The average Bonchev–Trinajstić information content (AvgIpc) is 2.48. The Labute approximate surface area is 129 Å². The van der Waals surface area contributed by atoms with Crippen LogP contribution in [0.4, 0.5) is 5.69 Å². The van der Waals surface area contributed by atoms with Crippen molar-refractivity contribution in [2.45, 2.75) is 19.3 Å². The zero-order valence-electron chi connectivity index (χ0n) is 11.7. The zero-order chi connectivity index (χ0) is 14.4. The molecule has 1 aromatic carbocycles. The molecule has 6 nitrogen and oxygen atoms in total. The highest BCUT2D eigenvalue weighted by Crippen LogP contribution is 2.27. The number of piperidine rings is 1. The Hall–Kier alpha value is -1.66. The second-order valence-corrected chi connectivity index (χ2v) is 4.85. The molecule has 2 rings (SSSR count). The van der Waals surface area contributed by atoms with Gasteiger partial charge in [-0.2, -0.15) is 0 Å². The minimum atomic E-state index is -0.525. The number of carbonyl (C=O) groups is 1. The van der Waals surface area contributed by atoms with Gasteiger partial charge in [0.2, 0.25) is 0 Å². The number of benzene rings is 1. The third-order valence-electron chi connectivity index (χ3n) is 3.43. The smallest absolute Gasteiger partial charge is 0.311 e. The van der Waals surface area contributed by atoms with Crippen molar-refractivity contribution in [1.29, 1.82) is 0 Å². The highest BCUT2D eigenvalue weighted by Gasteiger charge is 2.16. The normalized spacial score (nSPS) is 15.0. The molecule has 0 saturated carbocycles. The molecule has 21 heavy (non-hydrogen) atoms. The van der Waals surface area contributed by atoms with Crippen molar-refractivity contribution in [3.63, 3.8) is 0 Å². The lowest BCUT2D eigenvalue weighted by molar-refractivity contribution is -0.385. The summed E-state index contributed by atoms with van der Waals surface area (Å²) < 4.78 is 5.50. The van der Waals surface area contributed by atoms with Gasteiger partial charge in [-0.25, -0.2) is 0 Å². The quantitative estimate of drug-likeness (QED) is 0.458. The van der Waals surface area contributed by atoms with Gasteiger partial charge in [0, 0.05) is 18.2 Å². The Bertz CT molecular complexity index is 490. The largest absolute Gasteiger partial charge is 0.485 e. The molecule has 0 N–H and O–H groups in total. The van der Waals surface area contributed by atoms with Crippen LogP contribution < -0.4 is 4.74 Å². The van der Waals surface area contributed by atoms with Crippen LogP contribution in [0.15, 0.2) is 18.2 Å². The molecule has 0 aliphatic carbocycles. The van der Waals surface area contributed by atoms with Gasteiger partial charge in [0.15, 0.2) is 5.75 Å². The van der Waals surface area contributed by atoms with Gasteiger partial charge in [0.05, 0.1) is 4.92 Å². The van der Waals surface area contributed by atoms with Crippen molar-refractivity contribution in [3.05, 3.63) is 33.9 Å². The fourth-order valence-corrected chi connectivity index (χ4v) is 2.34. The monoisotopic (exact) mass is 314 g/mol. The molecular weight excluding hydrogens is 296 g/mol. The summed E-state index contributed by atoms with van der Waals surface area (Å²) in [5, 5.41) is 11.0. The van der Waals surface area contributed by atoms with Crippen molar-refractivity contribution in [3.8, 4) is 5.75 Å². The summed E-state index contributed by atoms with van der Waals surface area (Å²) in [6, 6.07) is 4.25. The molecule has 1 aromatic rings. The van der Waals surface area contributed by atoms with Gasteiger partial charge < -0.3 is 4.74 Å². The molecule has 0 aromatic heterocycles. The number of aldehydes is 1. The average molecular weight is 315 g/mol. The molecule has 0 unspecified atom stereocenters. The number of halogens is 1. The Morgan fingerprint density at radius 1 is 1.29 bits per heavy atom. The first-order chi connectivity index (χ1) is 9.70. The van der Waals surface area contributed by atoms with Crippen LogP contribution in [-0.2, 0) is 0 Å². The second kappa shape index (κ2) is 8.59. The van der Waals surface area contributed by atoms with E-state index in [0.29, 0.717) is 12.9 Å². The summed E-state index contributed by atoms with van der Waals surface area (Å²) in [5.41, 5.74) is 0.119. The van der Waals surface area contributed by atoms with Gasteiger partial charge in [-0.05, 0) is 38.1 Å². The Morgan fingerprint density at radius 2 is 2.00 bits per heavy atom. The van der Waals surface area contributed by atoms with Crippen molar-refractivity contribution < 1.29 is 14.5 Å². The topological polar surface area (TPSA) is 72.7 Å². The van der Waals surface area contributed by atoms with Crippen LogP contribution in [0, 0.1) is 10.1 Å². The van der Waals surface area contributed by atoms with Gasteiger partial charge in [0.25, 0.3) is 0 Å². The summed E-state index contributed by atoms with van der Waals surface area (Å²) in [6.45, 7) is 3.32. The van der Waals surface area contributed by atoms with Gasteiger partial charge in [-0.3, -0.25) is 19.8 Å². The van der Waals surface area contributed by atoms with Crippen LogP contribution >= 0.6 is 12.4 Å². The van der Waals surface area contributed by atoms with Crippen molar-refractivity contribution in [1.82, 2.24) is 4.90 Å². The number of rotatable bonds is 6. The molecule has 7 heteroatoms. The first kappa shape index (κ1) is 17.4. The van der Waals surface area contributed by atoms with Crippen LogP contribution in [0.25, 0.3) is 0 Å². The predicted molar refractivity (Wildman–Crippen MR) is 81.5 cm³/mol. The number of hydrogen-bond donors (Lipinski definition) is 0. The third-order valence-corrected chi connectivity index (χ3v) is 3.43. The van der Waals surface area contributed by atoms with Crippen molar-refractivity contribution >= 4 is 24.4 Å². The molecule has 1 saturated heterocycles. The van der Waals surface area contributed by atoms with E-state index in [4.69, 9.17) is 4.74 Å². The van der Waals surface area contributed by atoms with E-state index in [9.17, 15) is 14.9 Å². The predicted octanol–water partition coefficient (Wildman–Crippen LogP) is 2.69. The zero-order valence-corrected chi connectivity index (χ0v) is 12.5. The minimum absolute atomic E-state index is 0. The van der Waals surface area contributed by atoms with Gasteiger partial charge in [-0.15, -0.1) is 12.4 Å². The number of likely N-dealkylation sites (tertiary alicyclic amines) is 1. The van der Waals surface area contributed by atoms with E-state index in [1.807, 2.05) is 0 Å². The molecular formula is C14H19ClN2O4. The van der Waals surface area contributed by atoms with E-state index in [1.54, 1.807) is 0 Å². The summed E-state index contributed by atoms with van der Waals surface area (Å²) in [7, 11) is 0. The first-order valence-electron chi connectivity index (χ1n) is 6.79. The maximum absolute atomic E-state index is 11.0. The molecule has 116 valence electrons. The number of hydrogen-bond acceptors (Lipinski definition) is 5. The highest BCUT2D eigenvalue weighted by atomic mass is 35.5. The number of ether oxygens (including phenoxy) is 1. The molecule has 0 amide bonds. The second-order valence-electron chi connectivity index (χ2n) is 4.85. The SMILES string of the molecule is Cl.O=Cc1ccc(OCCN2CCCCC2)c([N+](=O)[O-])c1. The van der Waals surface area contributed by atoms with Crippen LogP contribution in [0.5, 0.6) is 5.75 Å².